The molecule has 3 amide bonds. The first-order valence-corrected chi connectivity index (χ1v) is 13.8. The quantitative estimate of drug-likeness (QED) is 0.248. The number of hydrogen-bond acceptors (Lipinski definition) is 8. The van der Waals surface area contributed by atoms with Crippen molar-refractivity contribution in [3.05, 3.63) is 93.8 Å². The van der Waals surface area contributed by atoms with Crippen molar-refractivity contribution in [3.63, 3.8) is 0 Å². The average Bonchev–Trinajstić information content (AvgIpc) is 2.99. The number of carbonyl (C=O) groups excluding carboxylic acids is 3. The number of para-hydroxylation sites is 1. The highest BCUT2D eigenvalue weighted by molar-refractivity contribution is 6.12. The molecule has 0 aliphatic carbocycles. The number of methoxy groups -OCH3 is 2. The van der Waals surface area contributed by atoms with Crippen molar-refractivity contribution in [1.82, 2.24) is 4.90 Å². The van der Waals surface area contributed by atoms with E-state index in [9.17, 15) is 19.2 Å². The number of anilines is 2. The molecule has 4 rings (SSSR count). The summed E-state index contributed by atoms with van der Waals surface area (Å²) in [4.78, 5) is 52.9. The average molecular weight is 602 g/mol. The van der Waals surface area contributed by atoms with Gasteiger partial charge in [-0.05, 0) is 63.1 Å². The van der Waals surface area contributed by atoms with E-state index in [1.54, 1.807) is 43.4 Å². The second-order valence-corrected chi connectivity index (χ2v) is 11.0. The van der Waals surface area contributed by atoms with Crippen molar-refractivity contribution >= 4 is 40.3 Å². The Kier molecular flexibility index (Phi) is 9.57. The van der Waals surface area contributed by atoms with Crippen LogP contribution in [0.1, 0.15) is 47.2 Å². The monoisotopic (exact) mass is 601 g/mol. The lowest BCUT2D eigenvalue weighted by molar-refractivity contribution is 0.0300. The van der Waals surface area contributed by atoms with Crippen molar-refractivity contribution in [2.45, 2.75) is 32.8 Å². The van der Waals surface area contributed by atoms with Gasteiger partial charge in [0.1, 0.15) is 11.2 Å². The third-order valence-corrected chi connectivity index (χ3v) is 6.53. The molecule has 0 atom stereocenters. The van der Waals surface area contributed by atoms with E-state index in [2.05, 4.69) is 10.6 Å². The molecule has 0 saturated heterocycles. The summed E-state index contributed by atoms with van der Waals surface area (Å²) >= 11 is 0. The molecule has 1 heterocycles. The SMILES string of the molecule is COc1cc(NC(=O)c2cc(=O)c3ccccc3o2)c(C(=O)Nc2ccc(CCN(C)C(=O)OC(C)(C)C)cc2)cc1OC. The Morgan fingerprint density at radius 2 is 1.52 bits per heavy atom. The van der Waals surface area contributed by atoms with Gasteiger partial charge in [0, 0.05) is 31.4 Å². The van der Waals surface area contributed by atoms with Crippen LogP contribution in [0.15, 0.2) is 75.9 Å². The molecule has 0 radical (unpaired) electrons. The zero-order valence-electron chi connectivity index (χ0n) is 25.5. The summed E-state index contributed by atoms with van der Waals surface area (Å²) in [5, 5.41) is 5.83. The first-order chi connectivity index (χ1) is 20.9. The Hall–Kier alpha value is -5.32. The van der Waals surface area contributed by atoms with Gasteiger partial charge in [-0.15, -0.1) is 0 Å². The summed E-state index contributed by atoms with van der Waals surface area (Å²) in [7, 11) is 4.54. The van der Waals surface area contributed by atoms with Crippen molar-refractivity contribution in [1.29, 1.82) is 0 Å². The van der Waals surface area contributed by atoms with Gasteiger partial charge >= 0.3 is 6.09 Å². The summed E-state index contributed by atoms with van der Waals surface area (Å²) in [5.74, 6) is -0.923. The second-order valence-electron chi connectivity index (χ2n) is 11.0. The lowest BCUT2D eigenvalue weighted by Gasteiger charge is -2.24. The number of hydrogen-bond donors (Lipinski definition) is 2. The smallest absolute Gasteiger partial charge is 0.410 e. The maximum Gasteiger partial charge on any atom is 0.410 e. The minimum atomic E-state index is -0.727. The van der Waals surface area contributed by atoms with Gasteiger partial charge in [-0.2, -0.15) is 0 Å². The van der Waals surface area contributed by atoms with Crippen LogP contribution >= 0.6 is 0 Å². The maximum absolute atomic E-state index is 13.4. The maximum atomic E-state index is 13.4. The minimum Gasteiger partial charge on any atom is -0.493 e. The Labute approximate surface area is 254 Å². The molecule has 11 nitrogen and oxygen atoms in total. The van der Waals surface area contributed by atoms with E-state index in [-0.39, 0.29) is 39.5 Å². The zero-order chi connectivity index (χ0) is 32.0. The van der Waals surface area contributed by atoms with Crippen LogP contribution in [0.4, 0.5) is 16.2 Å². The first-order valence-electron chi connectivity index (χ1n) is 13.8. The largest absolute Gasteiger partial charge is 0.493 e. The number of fused-ring (bicyclic) bond motifs is 1. The lowest BCUT2D eigenvalue weighted by atomic mass is 10.1. The number of amides is 3. The molecule has 0 fully saturated rings. The second kappa shape index (κ2) is 13.3. The zero-order valence-corrected chi connectivity index (χ0v) is 25.5. The predicted octanol–water partition coefficient (Wildman–Crippen LogP) is 5.72. The van der Waals surface area contributed by atoms with Gasteiger partial charge in [0.25, 0.3) is 11.8 Å². The van der Waals surface area contributed by atoms with Crippen molar-refractivity contribution in [2.24, 2.45) is 0 Å². The number of likely N-dealkylation sites (N-methyl/N-ethyl adjacent to an activating group) is 1. The molecule has 44 heavy (non-hydrogen) atoms. The molecule has 0 unspecified atom stereocenters. The van der Waals surface area contributed by atoms with E-state index < -0.39 is 23.5 Å². The van der Waals surface area contributed by atoms with Crippen LogP contribution in [0, 0.1) is 0 Å². The Morgan fingerprint density at radius 1 is 0.864 bits per heavy atom. The molecule has 0 saturated carbocycles. The standard InChI is InChI=1S/C33H35N3O8/c1-33(2,3)44-32(40)36(4)16-15-20-11-13-21(14-12-20)34-30(38)23-17-27(41-5)28(42-6)18-24(23)35-31(39)29-19-25(37)22-9-7-8-10-26(22)43-29/h7-14,17-19H,15-16H2,1-6H3,(H,34,38)(H,35,39). The number of benzene rings is 3. The molecule has 0 aliphatic rings. The van der Waals surface area contributed by atoms with Crippen LogP contribution in [-0.4, -0.2) is 56.2 Å². The Morgan fingerprint density at radius 3 is 2.18 bits per heavy atom. The van der Waals surface area contributed by atoms with E-state index >= 15 is 0 Å². The van der Waals surface area contributed by atoms with Gasteiger partial charge in [-0.25, -0.2) is 4.79 Å². The van der Waals surface area contributed by atoms with E-state index in [1.165, 1.54) is 31.3 Å². The molecule has 0 spiro atoms. The number of nitrogens with one attached hydrogen (secondary N) is 2. The Balaban J connectivity index is 1.51. The molecular weight excluding hydrogens is 566 g/mol. The summed E-state index contributed by atoms with van der Waals surface area (Å²) in [6.45, 7) is 5.89. The van der Waals surface area contributed by atoms with Crippen LogP contribution in [-0.2, 0) is 11.2 Å². The minimum absolute atomic E-state index is 0.0854. The highest BCUT2D eigenvalue weighted by Gasteiger charge is 2.22. The molecule has 2 N–H and O–H groups in total. The fourth-order valence-corrected chi connectivity index (χ4v) is 4.25. The number of carbonyl (C=O) groups is 3. The van der Waals surface area contributed by atoms with Gasteiger partial charge in [0.15, 0.2) is 22.7 Å². The third kappa shape index (κ3) is 7.74. The molecule has 4 aromatic rings. The summed E-state index contributed by atoms with van der Waals surface area (Å²) in [6.07, 6.45) is 0.183. The molecule has 3 aromatic carbocycles. The van der Waals surface area contributed by atoms with Crippen molar-refractivity contribution in [3.8, 4) is 11.5 Å². The predicted molar refractivity (Wildman–Crippen MR) is 167 cm³/mol. The number of rotatable bonds is 9. The van der Waals surface area contributed by atoms with E-state index in [0.29, 0.717) is 24.0 Å². The van der Waals surface area contributed by atoms with Crippen molar-refractivity contribution in [2.75, 3.05) is 38.4 Å². The fourth-order valence-electron chi connectivity index (χ4n) is 4.25. The summed E-state index contributed by atoms with van der Waals surface area (Å²) in [5.41, 5.74) is 0.970. The highest BCUT2D eigenvalue weighted by Crippen LogP contribution is 2.34. The Bertz CT molecular complexity index is 1740. The number of ether oxygens (including phenoxy) is 3. The molecule has 1 aromatic heterocycles. The molecule has 0 bridgehead atoms. The first kappa shape index (κ1) is 31.6. The highest BCUT2D eigenvalue weighted by atomic mass is 16.6. The normalized spacial score (nSPS) is 11.0. The van der Waals surface area contributed by atoms with Crippen LogP contribution in [0.2, 0.25) is 0 Å². The van der Waals surface area contributed by atoms with Crippen molar-refractivity contribution < 1.29 is 33.0 Å². The van der Waals surface area contributed by atoms with Gasteiger partial charge in [-0.1, -0.05) is 24.3 Å². The van der Waals surface area contributed by atoms with Gasteiger partial charge in [0.2, 0.25) is 0 Å². The van der Waals surface area contributed by atoms with E-state index in [1.807, 2.05) is 32.9 Å². The van der Waals surface area contributed by atoms with Gasteiger partial charge in [-0.3, -0.25) is 14.4 Å². The summed E-state index contributed by atoms with van der Waals surface area (Å²) in [6, 6.07) is 17.8. The van der Waals surface area contributed by atoms with Crippen LogP contribution < -0.4 is 25.5 Å². The molecule has 230 valence electrons. The molecule has 11 heteroatoms. The van der Waals surface area contributed by atoms with Gasteiger partial charge in [0.05, 0.1) is 30.9 Å². The molecule has 0 aliphatic heterocycles. The lowest BCUT2D eigenvalue weighted by Crippen LogP contribution is -2.35. The molecular formula is C33H35N3O8. The summed E-state index contributed by atoms with van der Waals surface area (Å²) < 4.78 is 21.8. The fraction of sp³-hybridized carbons (Fsp3) is 0.273. The van der Waals surface area contributed by atoms with E-state index in [4.69, 9.17) is 18.6 Å². The van der Waals surface area contributed by atoms with E-state index in [0.717, 1.165) is 11.6 Å². The van der Waals surface area contributed by atoms with Gasteiger partial charge < -0.3 is 34.2 Å². The van der Waals surface area contributed by atoms with Crippen LogP contribution in [0.25, 0.3) is 11.0 Å². The van der Waals surface area contributed by atoms with Crippen LogP contribution in [0.3, 0.4) is 0 Å². The van der Waals surface area contributed by atoms with Crippen LogP contribution in [0.5, 0.6) is 11.5 Å². The number of nitrogens with zero attached hydrogens (tertiary/aromatic N) is 1. The topological polar surface area (TPSA) is 136 Å². The third-order valence-electron chi connectivity index (χ3n) is 6.53.